The number of nitrogens with two attached hydrogens (primary N) is 1. The fourth-order valence-electron chi connectivity index (χ4n) is 4.07. The standard InChI is InChI=1S/C31H36F3N7O7/c1-2-9-44-10-11-45-12-13-46-14-15-47-18-21-3-5-23(6-4-21)41-17-24(27(40-41)28(35)42)38-29(43)25-19-48-30(39-25)22-7-8-36-26(16-22)37-20-31(32,33)34/h3-8,16-17,19H,2,9-15,18,20H2,1H3,(H2,35,42)(H,36,37)(H,38,43). The zero-order valence-corrected chi connectivity index (χ0v) is 26.1. The maximum Gasteiger partial charge on any atom is 0.405 e. The molecule has 0 fully saturated rings. The first-order chi connectivity index (χ1) is 23.1. The smallest absolute Gasteiger partial charge is 0.405 e. The molecule has 0 spiro atoms. The topological polar surface area (TPSA) is 178 Å². The normalized spacial score (nSPS) is 11.5. The van der Waals surface area contributed by atoms with Gasteiger partial charge in [-0.25, -0.2) is 14.6 Å². The van der Waals surface area contributed by atoms with Crippen LogP contribution in [0.1, 0.15) is 39.9 Å². The van der Waals surface area contributed by atoms with Gasteiger partial charge in [0.15, 0.2) is 11.4 Å². The third kappa shape index (κ3) is 11.4. The van der Waals surface area contributed by atoms with Crippen LogP contribution < -0.4 is 16.4 Å². The van der Waals surface area contributed by atoms with Crippen molar-refractivity contribution in [3.8, 4) is 17.1 Å². The number of anilines is 2. The van der Waals surface area contributed by atoms with Gasteiger partial charge in [-0.1, -0.05) is 19.1 Å². The molecule has 2 amide bonds. The second-order valence-electron chi connectivity index (χ2n) is 10.1. The van der Waals surface area contributed by atoms with Gasteiger partial charge in [0.25, 0.3) is 11.8 Å². The maximum absolute atomic E-state index is 13.0. The second-order valence-corrected chi connectivity index (χ2v) is 10.1. The fraction of sp³-hybridized carbons (Fsp3) is 0.387. The summed E-state index contributed by atoms with van der Waals surface area (Å²) >= 11 is 0. The molecular weight excluding hydrogens is 639 g/mol. The Balaban J connectivity index is 1.27. The number of rotatable bonds is 20. The number of pyridine rings is 1. The number of primary amides is 1. The Bertz CT molecular complexity index is 1610. The van der Waals surface area contributed by atoms with Crippen LogP contribution in [0.15, 0.2) is 59.5 Å². The molecule has 1 aromatic carbocycles. The average Bonchev–Trinajstić information content (AvgIpc) is 3.73. The first kappa shape index (κ1) is 36.0. The number of hydrogen-bond donors (Lipinski definition) is 3. The molecule has 0 saturated carbocycles. The Morgan fingerprint density at radius 1 is 0.958 bits per heavy atom. The van der Waals surface area contributed by atoms with Crippen LogP contribution in [0.5, 0.6) is 0 Å². The molecule has 4 rings (SSSR count). The lowest BCUT2D eigenvalue weighted by Crippen LogP contribution is -2.21. The van der Waals surface area contributed by atoms with Crippen molar-refractivity contribution in [3.05, 3.63) is 72.0 Å². The van der Waals surface area contributed by atoms with Gasteiger partial charge in [-0.3, -0.25) is 9.59 Å². The number of oxazole rings is 1. The molecule has 3 heterocycles. The molecule has 14 nitrogen and oxygen atoms in total. The number of hydrogen-bond acceptors (Lipinski definition) is 11. The lowest BCUT2D eigenvalue weighted by Gasteiger charge is -2.08. The molecule has 0 unspecified atom stereocenters. The van der Waals surface area contributed by atoms with Crippen molar-refractivity contribution in [2.24, 2.45) is 5.73 Å². The van der Waals surface area contributed by atoms with E-state index in [1.807, 2.05) is 12.1 Å². The zero-order chi connectivity index (χ0) is 34.4. The number of carbonyl (C=O) groups excluding carboxylic acids is 2. The summed E-state index contributed by atoms with van der Waals surface area (Å²) in [5.74, 6) is -1.70. The molecule has 0 radical (unpaired) electrons. The summed E-state index contributed by atoms with van der Waals surface area (Å²) in [6, 6.07) is 9.93. The van der Waals surface area contributed by atoms with Gasteiger partial charge < -0.3 is 39.7 Å². The number of aromatic nitrogens is 4. The first-order valence-electron chi connectivity index (χ1n) is 15.0. The van der Waals surface area contributed by atoms with Crippen LogP contribution in [-0.4, -0.2) is 90.5 Å². The van der Waals surface area contributed by atoms with E-state index < -0.39 is 24.5 Å². The minimum atomic E-state index is -4.43. The van der Waals surface area contributed by atoms with Crippen LogP contribution in [-0.2, 0) is 25.6 Å². The van der Waals surface area contributed by atoms with Crippen molar-refractivity contribution in [2.75, 3.05) is 63.4 Å². The zero-order valence-electron chi connectivity index (χ0n) is 26.1. The lowest BCUT2D eigenvalue weighted by molar-refractivity contribution is -0.115. The molecular formula is C31H36F3N7O7. The summed E-state index contributed by atoms with van der Waals surface area (Å²) < 4.78 is 66.3. The molecule has 0 bridgehead atoms. The van der Waals surface area contributed by atoms with Crippen LogP contribution >= 0.6 is 0 Å². The number of nitrogens with zero attached hydrogens (tertiary/aromatic N) is 4. The highest BCUT2D eigenvalue weighted by Gasteiger charge is 2.27. The van der Waals surface area contributed by atoms with Crippen LogP contribution in [0, 0.1) is 0 Å². The number of halogens is 3. The number of amides is 2. The van der Waals surface area contributed by atoms with E-state index in [1.54, 1.807) is 12.1 Å². The lowest BCUT2D eigenvalue weighted by atomic mass is 10.2. The molecule has 0 aliphatic heterocycles. The van der Waals surface area contributed by atoms with E-state index in [1.165, 1.54) is 29.2 Å². The molecule has 0 atom stereocenters. The molecule has 48 heavy (non-hydrogen) atoms. The Morgan fingerprint density at radius 3 is 2.27 bits per heavy atom. The highest BCUT2D eigenvalue weighted by atomic mass is 19.4. The number of ether oxygens (including phenoxy) is 4. The van der Waals surface area contributed by atoms with Crippen LogP contribution in [0.3, 0.4) is 0 Å². The van der Waals surface area contributed by atoms with Gasteiger partial charge in [-0.15, -0.1) is 0 Å². The van der Waals surface area contributed by atoms with Gasteiger partial charge >= 0.3 is 6.18 Å². The molecule has 258 valence electrons. The van der Waals surface area contributed by atoms with Crippen molar-refractivity contribution in [3.63, 3.8) is 0 Å². The third-order valence-corrected chi connectivity index (χ3v) is 6.34. The van der Waals surface area contributed by atoms with E-state index >= 15 is 0 Å². The van der Waals surface area contributed by atoms with E-state index in [0.717, 1.165) is 24.9 Å². The van der Waals surface area contributed by atoms with Crippen LogP contribution in [0.25, 0.3) is 17.1 Å². The minimum absolute atomic E-state index is 0.0298. The molecule has 0 aliphatic carbocycles. The van der Waals surface area contributed by atoms with Crippen LogP contribution in [0.2, 0.25) is 0 Å². The Kier molecular flexibility index (Phi) is 13.4. The summed E-state index contributed by atoms with van der Waals surface area (Å²) in [5.41, 5.74) is 6.94. The minimum Gasteiger partial charge on any atom is -0.444 e. The number of alkyl halides is 3. The quantitative estimate of drug-likeness (QED) is 0.114. The molecule has 4 N–H and O–H groups in total. The van der Waals surface area contributed by atoms with Gasteiger partial charge in [0.2, 0.25) is 5.89 Å². The fourth-order valence-corrected chi connectivity index (χ4v) is 4.07. The van der Waals surface area contributed by atoms with Crippen molar-refractivity contribution < 1.29 is 46.1 Å². The van der Waals surface area contributed by atoms with Crippen molar-refractivity contribution in [2.45, 2.75) is 26.1 Å². The van der Waals surface area contributed by atoms with E-state index in [0.29, 0.717) is 51.9 Å². The monoisotopic (exact) mass is 675 g/mol. The maximum atomic E-state index is 13.0. The van der Waals surface area contributed by atoms with E-state index in [2.05, 4.69) is 32.6 Å². The predicted molar refractivity (Wildman–Crippen MR) is 167 cm³/mol. The second kappa shape index (κ2) is 17.9. The predicted octanol–water partition coefficient (Wildman–Crippen LogP) is 4.22. The highest BCUT2D eigenvalue weighted by molar-refractivity contribution is 6.07. The third-order valence-electron chi connectivity index (χ3n) is 6.34. The largest absolute Gasteiger partial charge is 0.444 e. The summed E-state index contributed by atoms with van der Waals surface area (Å²) in [5, 5.41) is 8.93. The van der Waals surface area contributed by atoms with Gasteiger partial charge in [0.05, 0.1) is 63.8 Å². The summed E-state index contributed by atoms with van der Waals surface area (Å²) in [6.07, 6.45) is 0.305. The first-order valence-corrected chi connectivity index (χ1v) is 15.0. The van der Waals surface area contributed by atoms with Gasteiger partial charge in [0, 0.05) is 18.4 Å². The summed E-state index contributed by atoms with van der Waals surface area (Å²) in [4.78, 5) is 33.0. The average molecular weight is 676 g/mol. The van der Waals surface area contributed by atoms with E-state index in [9.17, 15) is 22.8 Å². The van der Waals surface area contributed by atoms with E-state index in [-0.39, 0.29) is 34.3 Å². The summed E-state index contributed by atoms with van der Waals surface area (Å²) in [7, 11) is 0. The summed E-state index contributed by atoms with van der Waals surface area (Å²) in [6.45, 7) is 4.74. The van der Waals surface area contributed by atoms with Crippen molar-refractivity contribution in [1.29, 1.82) is 0 Å². The SMILES string of the molecule is CCCOCCOCCOCCOCc1ccc(-n2cc(NC(=O)c3coc(-c4ccnc(NCC(F)(F)F)c4)n3)c(C(N)=O)n2)cc1. The molecule has 0 aliphatic rings. The highest BCUT2D eigenvalue weighted by Crippen LogP contribution is 2.23. The Hall–Kier alpha value is -4.84. The number of benzene rings is 1. The van der Waals surface area contributed by atoms with Gasteiger partial charge in [-0.2, -0.15) is 18.3 Å². The van der Waals surface area contributed by atoms with Gasteiger partial charge in [-0.05, 0) is 36.2 Å². The molecule has 4 aromatic rings. The number of carbonyl (C=O) groups is 2. The number of nitrogens with one attached hydrogen (secondary N) is 2. The van der Waals surface area contributed by atoms with Crippen molar-refractivity contribution >= 4 is 23.3 Å². The Morgan fingerprint density at radius 2 is 1.62 bits per heavy atom. The molecule has 3 aromatic heterocycles. The Labute approximate surface area is 273 Å². The van der Waals surface area contributed by atoms with Crippen LogP contribution in [0.4, 0.5) is 24.7 Å². The van der Waals surface area contributed by atoms with Gasteiger partial charge in [0.1, 0.15) is 18.6 Å². The van der Waals surface area contributed by atoms with Crippen molar-refractivity contribution in [1.82, 2.24) is 19.7 Å². The van der Waals surface area contributed by atoms with E-state index in [4.69, 9.17) is 29.1 Å². The molecule has 17 heteroatoms. The molecule has 0 saturated heterocycles.